The van der Waals surface area contributed by atoms with Crippen LogP contribution in [0.4, 0.5) is 4.79 Å². The third-order valence-corrected chi connectivity index (χ3v) is 6.59. The second-order valence-electron chi connectivity index (χ2n) is 7.78. The minimum Gasteiger partial charge on any atom is -0.341 e. The van der Waals surface area contributed by atoms with Gasteiger partial charge in [0, 0.05) is 13.1 Å². The van der Waals surface area contributed by atoms with Crippen molar-refractivity contribution in [3.8, 4) is 0 Å². The maximum atomic E-state index is 13.1. The van der Waals surface area contributed by atoms with Gasteiger partial charge in [0.1, 0.15) is 12.1 Å². The first-order valence-electron chi connectivity index (χ1n) is 10.6. The van der Waals surface area contributed by atoms with E-state index in [1.165, 1.54) is 17.0 Å². The van der Waals surface area contributed by atoms with Crippen molar-refractivity contribution in [3.63, 3.8) is 0 Å². The van der Waals surface area contributed by atoms with Crippen LogP contribution in [0.15, 0.2) is 30.3 Å². The van der Waals surface area contributed by atoms with Gasteiger partial charge in [0.15, 0.2) is 0 Å². The number of likely N-dealkylation sites (N-methyl/N-ethyl adjacent to an activating group) is 1. The highest BCUT2D eigenvalue weighted by atomic mass is 32.2. The standard InChI is InChI=1S/C20H25N5O8S/c1-3-13-10-23(4-2)18(28)19(29)25(13)20(30)22-15(12-8-6-5-7-9-12)16(26)21-14-11-24(17(14)27)34(31,32)33/h5-9,13-15H,3-4,10-11H2,1-2H3,(H,21,26)(H,22,30)(H,31,32,33)/t13-,14?,15+/m0/s1. The number of amides is 6. The lowest BCUT2D eigenvalue weighted by Gasteiger charge is -2.39. The quantitative estimate of drug-likeness (QED) is 0.246. The van der Waals surface area contributed by atoms with E-state index < -0.39 is 64.6 Å². The molecule has 6 amide bonds. The molecule has 184 valence electrons. The van der Waals surface area contributed by atoms with Gasteiger partial charge in [0.05, 0.1) is 12.6 Å². The molecular formula is C20H25N5O8S. The van der Waals surface area contributed by atoms with Crippen LogP contribution in [0.1, 0.15) is 31.9 Å². The van der Waals surface area contributed by atoms with Gasteiger partial charge >= 0.3 is 28.1 Å². The summed E-state index contributed by atoms with van der Waals surface area (Å²) in [5, 5.41) is 4.79. The molecule has 0 aliphatic carbocycles. The van der Waals surface area contributed by atoms with Gasteiger partial charge in [-0.25, -0.2) is 9.10 Å². The van der Waals surface area contributed by atoms with Gasteiger partial charge in [-0.3, -0.25) is 28.6 Å². The Labute approximate surface area is 195 Å². The van der Waals surface area contributed by atoms with E-state index in [-0.39, 0.29) is 10.8 Å². The minimum absolute atomic E-state index is 0.162. The number of hydrogen-bond donors (Lipinski definition) is 3. The number of piperazine rings is 1. The summed E-state index contributed by atoms with van der Waals surface area (Å²) in [7, 11) is -4.73. The van der Waals surface area contributed by atoms with E-state index in [1.807, 2.05) is 0 Å². The summed E-state index contributed by atoms with van der Waals surface area (Å²) in [4.78, 5) is 65.1. The number of hydrogen-bond acceptors (Lipinski definition) is 7. The number of nitrogens with one attached hydrogen (secondary N) is 2. The third-order valence-electron chi connectivity index (χ3n) is 5.71. The molecule has 0 saturated carbocycles. The monoisotopic (exact) mass is 495 g/mol. The van der Waals surface area contributed by atoms with Crippen molar-refractivity contribution in [1.29, 1.82) is 0 Å². The molecule has 0 aromatic heterocycles. The molecule has 2 saturated heterocycles. The van der Waals surface area contributed by atoms with Crippen molar-refractivity contribution in [2.75, 3.05) is 19.6 Å². The van der Waals surface area contributed by atoms with E-state index in [4.69, 9.17) is 4.55 Å². The van der Waals surface area contributed by atoms with Gasteiger partial charge in [-0.1, -0.05) is 37.3 Å². The summed E-state index contributed by atoms with van der Waals surface area (Å²) in [6.07, 6.45) is 0.382. The fraction of sp³-hybridized carbons (Fsp3) is 0.450. The van der Waals surface area contributed by atoms with Crippen LogP contribution in [-0.2, 0) is 29.5 Å². The Hall–Kier alpha value is -3.52. The highest BCUT2D eigenvalue weighted by Crippen LogP contribution is 2.20. The molecule has 1 aromatic rings. The number of carbonyl (C=O) groups is 5. The molecule has 13 nitrogen and oxygen atoms in total. The van der Waals surface area contributed by atoms with Gasteiger partial charge in [-0.05, 0) is 18.9 Å². The van der Waals surface area contributed by atoms with E-state index in [2.05, 4.69) is 10.6 Å². The molecule has 0 spiro atoms. The molecule has 1 aromatic carbocycles. The third kappa shape index (κ3) is 4.87. The zero-order valence-corrected chi connectivity index (χ0v) is 19.3. The van der Waals surface area contributed by atoms with Crippen molar-refractivity contribution in [3.05, 3.63) is 35.9 Å². The van der Waals surface area contributed by atoms with Crippen molar-refractivity contribution in [2.45, 2.75) is 38.4 Å². The second-order valence-corrected chi connectivity index (χ2v) is 9.12. The lowest BCUT2D eigenvalue weighted by atomic mass is 10.0. The Bertz CT molecular complexity index is 1110. The molecule has 2 heterocycles. The summed E-state index contributed by atoms with van der Waals surface area (Å²) in [5.41, 5.74) is 0.325. The van der Waals surface area contributed by atoms with Crippen LogP contribution in [0.25, 0.3) is 0 Å². The lowest BCUT2D eigenvalue weighted by molar-refractivity contribution is -0.156. The van der Waals surface area contributed by atoms with Gasteiger partial charge in [0.2, 0.25) is 5.91 Å². The molecule has 2 aliphatic heterocycles. The Morgan fingerprint density at radius 1 is 1.09 bits per heavy atom. The number of nitrogens with zero attached hydrogens (tertiary/aromatic N) is 3. The molecule has 34 heavy (non-hydrogen) atoms. The molecule has 0 bridgehead atoms. The Morgan fingerprint density at radius 3 is 2.26 bits per heavy atom. The number of imide groups is 1. The maximum absolute atomic E-state index is 13.1. The number of rotatable bonds is 7. The molecule has 1 unspecified atom stereocenters. The molecule has 3 rings (SSSR count). The Morgan fingerprint density at radius 2 is 1.74 bits per heavy atom. The molecule has 3 atom stereocenters. The molecule has 0 radical (unpaired) electrons. The van der Waals surface area contributed by atoms with Crippen LogP contribution in [0.3, 0.4) is 0 Å². The van der Waals surface area contributed by atoms with E-state index >= 15 is 0 Å². The zero-order valence-electron chi connectivity index (χ0n) is 18.5. The molecule has 3 N–H and O–H groups in total. The highest BCUT2D eigenvalue weighted by Gasteiger charge is 2.46. The molecule has 14 heteroatoms. The van der Waals surface area contributed by atoms with Crippen LogP contribution >= 0.6 is 0 Å². The fourth-order valence-corrected chi connectivity index (χ4v) is 4.46. The van der Waals surface area contributed by atoms with Crippen molar-refractivity contribution in [1.82, 2.24) is 24.7 Å². The van der Waals surface area contributed by atoms with Crippen LogP contribution in [0, 0.1) is 0 Å². The predicted octanol–water partition coefficient (Wildman–Crippen LogP) is -0.964. The molecule has 2 aliphatic rings. The predicted molar refractivity (Wildman–Crippen MR) is 116 cm³/mol. The summed E-state index contributed by atoms with van der Waals surface area (Å²) in [5.74, 6) is -3.71. The summed E-state index contributed by atoms with van der Waals surface area (Å²) in [6, 6.07) is 3.85. The van der Waals surface area contributed by atoms with Gasteiger partial charge < -0.3 is 15.5 Å². The number of carbonyl (C=O) groups excluding carboxylic acids is 5. The summed E-state index contributed by atoms with van der Waals surface area (Å²) in [6.45, 7) is 3.47. The number of β-lactam (4-membered cyclic amide) rings is 1. The molecular weight excluding hydrogens is 470 g/mol. The van der Waals surface area contributed by atoms with E-state index in [9.17, 15) is 32.4 Å². The SMILES string of the molecule is CC[C@H]1CN(CC)C(=O)C(=O)N1C(=O)N[C@@H](C(=O)NC1CN(S(=O)(=O)O)C1=O)c1ccccc1. The maximum Gasteiger partial charge on any atom is 0.362 e. The summed E-state index contributed by atoms with van der Waals surface area (Å²) < 4.78 is 31.4. The van der Waals surface area contributed by atoms with E-state index in [0.29, 0.717) is 18.5 Å². The zero-order chi connectivity index (χ0) is 25.2. The minimum atomic E-state index is -4.73. The number of urea groups is 1. The van der Waals surface area contributed by atoms with Gasteiger partial charge in [-0.15, -0.1) is 0 Å². The smallest absolute Gasteiger partial charge is 0.341 e. The Balaban J connectivity index is 1.80. The van der Waals surface area contributed by atoms with E-state index in [1.54, 1.807) is 32.0 Å². The fourth-order valence-electron chi connectivity index (χ4n) is 3.77. The Kier molecular flexibility index (Phi) is 7.21. The number of benzene rings is 1. The van der Waals surface area contributed by atoms with Gasteiger partial charge in [-0.2, -0.15) is 8.42 Å². The van der Waals surface area contributed by atoms with Crippen LogP contribution in [-0.4, -0.2) is 88.5 Å². The first-order chi connectivity index (χ1) is 16.0. The largest absolute Gasteiger partial charge is 0.362 e. The lowest BCUT2D eigenvalue weighted by Crippen LogP contribution is -2.66. The van der Waals surface area contributed by atoms with E-state index in [0.717, 1.165) is 4.90 Å². The second kappa shape index (κ2) is 9.77. The first kappa shape index (κ1) is 25.1. The van der Waals surface area contributed by atoms with Crippen molar-refractivity contribution in [2.24, 2.45) is 0 Å². The van der Waals surface area contributed by atoms with Crippen LogP contribution < -0.4 is 10.6 Å². The topological polar surface area (TPSA) is 173 Å². The van der Waals surface area contributed by atoms with Gasteiger partial charge in [0.25, 0.3) is 5.91 Å². The average molecular weight is 496 g/mol. The van der Waals surface area contributed by atoms with Crippen LogP contribution in [0.5, 0.6) is 0 Å². The normalized spacial score (nSPS) is 21.7. The average Bonchev–Trinajstić information content (AvgIpc) is 2.80. The van der Waals surface area contributed by atoms with Crippen LogP contribution in [0.2, 0.25) is 0 Å². The molecule has 2 fully saturated rings. The van der Waals surface area contributed by atoms with Crippen molar-refractivity contribution >= 4 is 40.0 Å². The summed E-state index contributed by atoms with van der Waals surface area (Å²) >= 11 is 0. The van der Waals surface area contributed by atoms with Crippen molar-refractivity contribution < 1.29 is 36.9 Å². The highest BCUT2D eigenvalue weighted by molar-refractivity contribution is 7.84. The first-order valence-corrected chi connectivity index (χ1v) is 12.0.